The van der Waals surface area contributed by atoms with Crippen LogP contribution in [-0.4, -0.2) is 32.1 Å². The Labute approximate surface area is 128 Å². The number of ether oxygens (including phenoxy) is 2. The molecule has 0 unspecified atom stereocenters. The van der Waals surface area contributed by atoms with Gasteiger partial charge in [0.1, 0.15) is 18.2 Å². The molecule has 0 bridgehead atoms. The Morgan fingerprint density at radius 2 is 1.76 bits per heavy atom. The van der Waals surface area contributed by atoms with Gasteiger partial charge in [0.25, 0.3) is 0 Å². The molecular formula is C16H17ClFNO2. The number of benzene rings is 2. The molecule has 5 heteroatoms. The highest BCUT2D eigenvalue weighted by Gasteiger charge is 2.08. The summed E-state index contributed by atoms with van der Waals surface area (Å²) >= 11 is 5.83. The molecule has 0 saturated heterocycles. The van der Waals surface area contributed by atoms with Gasteiger partial charge in [-0.2, -0.15) is 0 Å². The summed E-state index contributed by atoms with van der Waals surface area (Å²) in [5.41, 5.74) is 0. The second-order valence-electron chi connectivity index (χ2n) is 4.80. The molecule has 2 rings (SSSR count). The molecule has 0 aliphatic heterocycles. The number of hydrogen-bond acceptors (Lipinski definition) is 3. The van der Waals surface area contributed by atoms with E-state index in [1.807, 2.05) is 19.0 Å². The molecule has 2 aromatic rings. The monoisotopic (exact) mass is 309 g/mol. The summed E-state index contributed by atoms with van der Waals surface area (Å²) in [6.45, 7) is 1.18. The van der Waals surface area contributed by atoms with Crippen LogP contribution in [0.4, 0.5) is 4.39 Å². The highest BCUT2D eigenvalue weighted by atomic mass is 35.5. The predicted octanol–water partition coefficient (Wildman–Crippen LogP) is 4.21. The maximum atomic E-state index is 13.4. The lowest BCUT2D eigenvalue weighted by molar-refractivity contribution is 0.253. The summed E-state index contributed by atoms with van der Waals surface area (Å²) < 4.78 is 24.7. The molecule has 3 nitrogen and oxygen atoms in total. The summed E-state index contributed by atoms with van der Waals surface area (Å²) in [6.07, 6.45) is 0. The van der Waals surface area contributed by atoms with Crippen LogP contribution >= 0.6 is 11.6 Å². The third-order valence-electron chi connectivity index (χ3n) is 2.74. The average molecular weight is 310 g/mol. The molecule has 0 aliphatic rings. The van der Waals surface area contributed by atoms with Gasteiger partial charge in [-0.05, 0) is 50.5 Å². The first-order valence-corrected chi connectivity index (χ1v) is 6.93. The number of likely N-dealkylation sites (N-methyl/N-ethyl adjacent to an activating group) is 1. The normalized spacial score (nSPS) is 10.7. The molecule has 0 radical (unpaired) electrons. The second kappa shape index (κ2) is 7.29. The van der Waals surface area contributed by atoms with Crippen LogP contribution in [0.3, 0.4) is 0 Å². The molecule has 112 valence electrons. The van der Waals surface area contributed by atoms with Gasteiger partial charge in [-0.15, -0.1) is 0 Å². The zero-order valence-corrected chi connectivity index (χ0v) is 12.7. The topological polar surface area (TPSA) is 21.7 Å². The van der Waals surface area contributed by atoms with E-state index in [9.17, 15) is 4.39 Å². The standard InChI is InChI=1S/C16H17ClFNO2/c1-19(2)9-10-20-16-11-13(18)5-8-15(16)21-14-6-3-12(17)4-7-14/h3-8,11H,9-10H2,1-2H3. The highest BCUT2D eigenvalue weighted by molar-refractivity contribution is 6.30. The predicted molar refractivity (Wildman–Crippen MR) is 82.0 cm³/mol. The summed E-state index contributed by atoms with van der Waals surface area (Å²) in [5, 5.41) is 0.629. The fourth-order valence-corrected chi connectivity index (χ4v) is 1.77. The second-order valence-corrected chi connectivity index (χ2v) is 5.24. The van der Waals surface area contributed by atoms with E-state index >= 15 is 0 Å². The van der Waals surface area contributed by atoms with Crippen molar-refractivity contribution >= 4 is 11.6 Å². The Morgan fingerprint density at radius 3 is 2.43 bits per heavy atom. The minimum atomic E-state index is -0.363. The molecular weight excluding hydrogens is 293 g/mol. The molecule has 0 heterocycles. The van der Waals surface area contributed by atoms with E-state index in [0.717, 1.165) is 6.54 Å². The van der Waals surface area contributed by atoms with Crippen LogP contribution in [0.15, 0.2) is 42.5 Å². The van der Waals surface area contributed by atoms with Crippen molar-refractivity contribution < 1.29 is 13.9 Å². The summed E-state index contributed by atoms with van der Waals surface area (Å²) in [6, 6.07) is 11.2. The van der Waals surface area contributed by atoms with E-state index in [4.69, 9.17) is 21.1 Å². The van der Waals surface area contributed by atoms with Gasteiger partial charge in [-0.3, -0.25) is 0 Å². The molecule has 0 aliphatic carbocycles. The van der Waals surface area contributed by atoms with Gasteiger partial charge in [0.05, 0.1) is 0 Å². The first-order chi connectivity index (χ1) is 10.0. The SMILES string of the molecule is CN(C)CCOc1cc(F)ccc1Oc1ccc(Cl)cc1. The largest absolute Gasteiger partial charge is 0.488 e. The van der Waals surface area contributed by atoms with Gasteiger partial charge < -0.3 is 14.4 Å². The van der Waals surface area contributed by atoms with E-state index in [2.05, 4.69) is 0 Å². The first kappa shape index (κ1) is 15.6. The quantitative estimate of drug-likeness (QED) is 0.798. The van der Waals surface area contributed by atoms with Crippen LogP contribution in [-0.2, 0) is 0 Å². The molecule has 0 fully saturated rings. The number of halogens is 2. The van der Waals surface area contributed by atoms with Crippen molar-refractivity contribution in [3.63, 3.8) is 0 Å². The van der Waals surface area contributed by atoms with Crippen molar-refractivity contribution in [3.8, 4) is 17.2 Å². The van der Waals surface area contributed by atoms with E-state index in [-0.39, 0.29) is 5.82 Å². The molecule has 0 spiro atoms. The fourth-order valence-electron chi connectivity index (χ4n) is 1.65. The van der Waals surface area contributed by atoms with Crippen LogP contribution in [0.25, 0.3) is 0 Å². The van der Waals surface area contributed by atoms with Gasteiger partial charge in [0, 0.05) is 17.6 Å². The first-order valence-electron chi connectivity index (χ1n) is 6.55. The van der Waals surface area contributed by atoms with Gasteiger partial charge in [-0.25, -0.2) is 4.39 Å². The van der Waals surface area contributed by atoms with E-state index in [1.54, 1.807) is 30.3 Å². The third kappa shape index (κ3) is 4.92. The molecule has 2 aromatic carbocycles. The molecule has 21 heavy (non-hydrogen) atoms. The van der Waals surface area contributed by atoms with Crippen molar-refractivity contribution in [3.05, 3.63) is 53.3 Å². The van der Waals surface area contributed by atoms with Crippen molar-refractivity contribution in [2.45, 2.75) is 0 Å². The van der Waals surface area contributed by atoms with Crippen molar-refractivity contribution in [1.82, 2.24) is 4.90 Å². The maximum Gasteiger partial charge on any atom is 0.169 e. The van der Waals surface area contributed by atoms with E-state index in [0.29, 0.717) is 28.9 Å². The molecule has 0 aromatic heterocycles. The zero-order chi connectivity index (χ0) is 15.2. The Balaban J connectivity index is 2.12. The Kier molecular flexibility index (Phi) is 5.42. The minimum Gasteiger partial charge on any atom is -0.488 e. The summed E-state index contributed by atoms with van der Waals surface area (Å²) in [5.74, 6) is 1.10. The Bertz CT molecular complexity index is 587. The van der Waals surface area contributed by atoms with Crippen molar-refractivity contribution in [1.29, 1.82) is 0 Å². The van der Waals surface area contributed by atoms with Crippen LogP contribution in [0.2, 0.25) is 5.02 Å². The van der Waals surface area contributed by atoms with Crippen LogP contribution in [0.5, 0.6) is 17.2 Å². The summed E-state index contributed by atoms with van der Waals surface area (Å²) in [4.78, 5) is 1.99. The van der Waals surface area contributed by atoms with E-state index in [1.165, 1.54) is 12.1 Å². The lowest BCUT2D eigenvalue weighted by atomic mass is 10.3. The maximum absolute atomic E-state index is 13.4. The smallest absolute Gasteiger partial charge is 0.169 e. The number of rotatable bonds is 6. The summed E-state index contributed by atoms with van der Waals surface area (Å²) in [7, 11) is 3.89. The zero-order valence-electron chi connectivity index (χ0n) is 12.0. The third-order valence-corrected chi connectivity index (χ3v) is 3.00. The Morgan fingerprint density at radius 1 is 1.05 bits per heavy atom. The van der Waals surface area contributed by atoms with Crippen molar-refractivity contribution in [2.75, 3.05) is 27.2 Å². The van der Waals surface area contributed by atoms with Crippen LogP contribution in [0.1, 0.15) is 0 Å². The van der Waals surface area contributed by atoms with Gasteiger partial charge in [0.15, 0.2) is 11.5 Å². The molecule has 0 amide bonds. The van der Waals surface area contributed by atoms with Gasteiger partial charge >= 0.3 is 0 Å². The van der Waals surface area contributed by atoms with Crippen molar-refractivity contribution in [2.24, 2.45) is 0 Å². The minimum absolute atomic E-state index is 0.363. The number of nitrogens with zero attached hydrogens (tertiary/aromatic N) is 1. The average Bonchev–Trinajstić information content (AvgIpc) is 2.43. The molecule has 0 saturated carbocycles. The number of hydrogen-bond donors (Lipinski definition) is 0. The Hall–Kier alpha value is -1.78. The van der Waals surface area contributed by atoms with Crippen LogP contribution < -0.4 is 9.47 Å². The lowest BCUT2D eigenvalue weighted by Crippen LogP contribution is -2.19. The molecule has 0 N–H and O–H groups in total. The lowest BCUT2D eigenvalue weighted by Gasteiger charge is -2.14. The molecule has 0 atom stereocenters. The van der Waals surface area contributed by atoms with Gasteiger partial charge in [-0.1, -0.05) is 11.6 Å². The highest BCUT2D eigenvalue weighted by Crippen LogP contribution is 2.32. The van der Waals surface area contributed by atoms with Gasteiger partial charge in [0.2, 0.25) is 0 Å². The van der Waals surface area contributed by atoms with E-state index < -0.39 is 0 Å². The van der Waals surface area contributed by atoms with Crippen LogP contribution in [0, 0.1) is 5.82 Å². The fraction of sp³-hybridized carbons (Fsp3) is 0.250.